The number of hydrogen-bond acceptors (Lipinski definition) is 6. The van der Waals surface area contributed by atoms with Gasteiger partial charge in [0.2, 0.25) is 5.75 Å². The Kier molecular flexibility index (Phi) is 4.47. The lowest BCUT2D eigenvalue weighted by Crippen LogP contribution is -2.07. The van der Waals surface area contributed by atoms with Crippen LogP contribution >= 0.6 is 0 Å². The number of nitro benzene ring substituents is 1. The molecule has 0 saturated carbocycles. The van der Waals surface area contributed by atoms with E-state index in [0.29, 0.717) is 6.42 Å². The number of ether oxygens (including phenoxy) is 1. The molecule has 98 valence electrons. The Labute approximate surface area is 103 Å². The third-order valence-electron chi connectivity index (χ3n) is 2.28. The van der Waals surface area contributed by atoms with Gasteiger partial charge in [-0.15, -0.1) is 0 Å². The highest BCUT2D eigenvalue weighted by molar-refractivity contribution is 5.94. The van der Waals surface area contributed by atoms with Crippen LogP contribution in [-0.2, 0) is 4.74 Å². The number of unbranched alkanes of at least 4 members (excludes halogenated alkanes) is 1. The molecule has 1 rings (SSSR count). The summed E-state index contributed by atoms with van der Waals surface area (Å²) >= 11 is 0. The Bertz CT molecular complexity index is 471. The van der Waals surface area contributed by atoms with Crippen molar-refractivity contribution in [3.05, 3.63) is 27.8 Å². The second kappa shape index (κ2) is 5.85. The molecular weight excluding hydrogens is 242 g/mol. The molecule has 0 aliphatic carbocycles. The van der Waals surface area contributed by atoms with Crippen molar-refractivity contribution in [2.24, 2.45) is 0 Å². The minimum Gasteiger partial charge on any atom is -0.503 e. The van der Waals surface area contributed by atoms with Crippen LogP contribution in [-0.4, -0.2) is 27.7 Å². The average molecular weight is 255 g/mol. The van der Waals surface area contributed by atoms with Crippen LogP contribution in [0.15, 0.2) is 12.1 Å². The van der Waals surface area contributed by atoms with Gasteiger partial charge in [-0.3, -0.25) is 10.1 Å². The summed E-state index contributed by atoms with van der Waals surface area (Å²) in [5.74, 6) is -2.61. The molecule has 0 amide bonds. The number of rotatable bonds is 5. The predicted molar refractivity (Wildman–Crippen MR) is 61.6 cm³/mol. The fourth-order valence-corrected chi connectivity index (χ4v) is 1.27. The molecule has 0 fully saturated rings. The van der Waals surface area contributed by atoms with Crippen LogP contribution in [0, 0.1) is 10.1 Å². The number of hydrogen-bond donors (Lipinski definition) is 2. The summed E-state index contributed by atoms with van der Waals surface area (Å²) in [6.45, 7) is 2.11. The highest BCUT2D eigenvalue weighted by Crippen LogP contribution is 2.37. The molecule has 7 nitrogen and oxygen atoms in total. The zero-order valence-corrected chi connectivity index (χ0v) is 9.75. The maximum atomic E-state index is 11.5. The number of benzene rings is 1. The number of nitrogens with zero attached hydrogens (tertiary/aromatic N) is 1. The van der Waals surface area contributed by atoms with E-state index < -0.39 is 28.1 Å². The van der Waals surface area contributed by atoms with E-state index in [1.165, 1.54) is 0 Å². The van der Waals surface area contributed by atoms with E-state index in [2.05, 4.69) is 0 Å². The molecule has 7 heteroatoms. The number of carbonyl (C=O) groups excluding carboxylic acids is 1. The standard InChI is InChI=1S/C11H13NO6/c1-2-3-6-18-11(15)7-4-5-8(12(16)17)10(14)9(7)13/h4-5,13-14H,2-3,6H2,1H3. The molecule has 18 heavy (non-hydrogen) atoms. The fraction of sp³-hybridized carbons (Fsp3) is 0.364. The van der Waals surface area contributed by atoms with E-state index in [4.69, 9.17) is 4.74 Å². The van der Waals surface area contributed by atoms with Crippen molar-refractivity contribution in [1.82, 2.24) is 0 Å². The monoisotopic (exact) mass is 255 g/mol. The number of esters is 1. The van der Waals surface area contributed by atoms with E-state index in [0.717, 1.165) is 18.6 Å². The first-order chi connectivity index (χ1) is 8.49. The largest absolute Gasteiger partial charge is 0.503 e. The normalized spacial score (nSPS) is 10.1. The van der Waals surface area contributed by atoms with Crippen molar-refractivity contribution in [3.63, 3.8) is 0 Å². The van der Waals surface area contributed by atoms with E-state index in [1.54, 1.807) is 0 Å². The molecule has 1 aromatic rings. The maximum Gasteiger partial charge on any atom is 0.342 e. The fourth-order valence-electron chi connectivity index (χ4n) is 1.27. The lowest BCUT2D eigenvalue weighted by atomic mass is 10.1. The van der Waals surface area contributed by atoms with Crippen molar-refractivity contribution >= 4 is 11.7 Å². The Hall–Kier alpha value is -2.31. The molecule has 0 aromatic heterocycles. The van der Waals surface area contributed by atoms with Gasteiger partial charge in [-0.25, -0.2) is 4.79 Å². The van der Waals surface area contributed by atoms with Gasteiger partial charge in [0.15, 0.2) is 5.75 Å². The lowest BCUT2D eigenvalue weighted by Gasteiger charge is -2.06. The maximum absolute atomic E-state index is 11.5. The first kappa shape index (κ1) is 13.8. The Morgan fingerprint density at radius 3 is 2.61 bits per heavy atom. The Morgan fingerprint density at radius 1 is 1.39 bits per heavy atom. The minimum atomic E-state index is -0.940. The molecular formula is C11H13NO6. The first-order valence-electron chi connectivity index (χ1n) is 5.35. The minimum absolute atomic E-state index is 0.187. The van der Waals surface area contributed by atoms with Gasteiger partial charge in [-0.1, -0.05) is 13.3 Å². The summed E-state index contributed by atoms with van der Waals surface area (Å²) in [4.78, 5) is 21.1. The quantitative estimate of drug-likeness (QED) is 0.273. The molecule has 0 radical (unpaired) electrons. The zero-order chi connectivity index (χ0) is 13.7. The predicted octanol–water partition coefficient (Wildman–Crippen LogP) is 1.96. The van der Waals surface area contributed by atoms with Gasteiger partial charge >= 0.3 is 11.7 Å². The van der Waals surface area contributed by atoms with E-state index >= 15 is 0 Å². The van der Waals surface area contributed by atoms with Crippen LogP contribution in [0.4, 0.5) is 5.69 Å². The summed E-state index contributed by atoms with van der Waals surface area (Å²) in [6.07, 6.45) is 1.51. The van der Waals surface area contributed by atoms with Crippen molar-refractivity contribution in [3.8, 4) is 11.5 Å². The second-order valence-corrected chi connectivity index (χ2v) is 3.58. The van der Waals surface area contributed by atoms with Crippen LogP contribution in [0.5, 0.6) is 11.5 Å². The third kappa shape index (κ3) is 2.88. The van der Waals surface area contributed by atoms with Gasteiger partial charge < -0.3 is 14.9 Å². The average Bonchev–Trinajstić information content (AvgIpc) is 2.32. The molecule has 0 saturated heterocycles. The highest BCUT2D eigenvalue weighted by Gasteiger charge is 2.23. The Balaban J connectivity index is 2.94. The SMILES string of the molecule is CCCCOC(=O)c1ccc([N+](=O)[O-])c(O)c1O. The van der Waals surface area contributed by atoms with Gasteiger partial charge in [0, 0.05) is 6.07 Å². The van der Waals surface area contributed by atoms with Gasteiger partial charge in [-0.2, -0.15) is 0 Å². The summed E-state index contributed by atoms with van der Waals surface area (Å²) in [5.41, 5.74) is -0.966. The van der Waals surface area contributed by atoms with Gasteiger partial charge in [0.25, 0.3) is 0 Å². The molecule has 0 atom stereocenters. The summed E-state index contributed by atoms with van der Waals surface area (Å²) in [5, 5.41) is 29.4. The zero-order valence-electron chi connectivity index (χ0n) is 9.75. The third-order valence-corrected chi connectivity index (χ3v) is 2.28. The van der Waals surface area contributed by atoms with Crippen LogP contribution in [0.25, 0.3) is 0 Å². The molecule has 0 unspecified atom stereocenters. The lowest BCUT2D eigenvalue weighted by molar-refractivity contribution is -0.386. The van der Waals surface area contributed by atoms with Crippen LogP contribution in [0.3, 0.4) is 0 Å². The summed E-state index contributed by atoms with van der Waals surface area (Å²) in [7, 11) is 0. The molecule has 0 bridgehead atoms. The second-order valence-electron chi connectivity index (χ2n) is 3.58. The molecule has 1 aromatic carbocycles. The summed E-state index contributed by atoms with van der Waals surface area (Å²) in [6, 6.07) is 1.98. The van der Waals surface area contributed by atoms with Crippen molar-refractivity contribution in [2.75, 3.05) is 6.61 Å². The van der Waals surface area contributed by atoms with Crippen LogP contribution in [0.2, 0.25) is 0 Å². The number of carbonyl (C=O) groups is 1. The smallest absolute Gasteiger partial charge is 0.342 e. The van der Waals surface area contributed by atoms with Crippen molar-refractivity contribution in [2.45, 2.75) is 19.8 Å². The molecule has 0 aliphatic rings. The van der Waals surface area contributed by atoms with Crippen molar-refractivity contribution in [1.29, 1.82) is 0 Å². The van der Waals surface area contributed by atoms with E-state index in [1.807, 2.05) is 6.92 Å². The molecule has 2 N–H and O–H groups in total. The number of nitro groups is 1. The molecule has 0 aliphatic heterocycles. The van der Waals surface area contributed by atoms with Crippen molar-refractivity contribution < 1.29 is 24.7 Å². The number of phenolic OH excluding ortho intramolecular Hbond substituents is 2. The number of phenols is 2. The van der Waals surface area contributed by atoms with Crippen LogP contribution < -0.4 is 0 Å². The van der Waals surface area contributed by atoms with Crippen LogP contribution in [0.1, 0.15) is 30.1 Å². The van der Waals surface area contributed by atoms with E-state index in [9.17, 15) is 25.1 Å². The Morgan fingerprint density at radius 2 is 2.06 bits per heavy atom. The summed E-state index contributed by atoms with van der Waals surface area (Å²) < 4.78 is 4.82. The highest BCUT2D eigenvalue weighted by atomic mass is 16.6. The molecule has 0 heterocycles. The van der Waals surface area contributed by atoms with Gasteiger partial charge in [0.1, 0.15) is 5.56 Å². The van der Waals surface area contributed by atoms with Gasteiger partial charge in [0.05, 0.1) is 11.5 Å². The van der Waals surface area contributed by atoms with Gasteiger partial charge in [-0.05, 0) is 12.5 Å². The number of aromatic hydroxyl groups is 2. The first-order valence-corrected chi connectivity index (χ1v) is 5.35. The van der Waals surface area contributed by atoms with E-state index in [-0.39, 0.29) is 12.2 Å². The molecule has 0 spiro atoms. The topological polar surface area (TPSA) is 110 Å².